The fourth-order valence-corrected chi connectivity index (χ4v) is 1.92. The molecule has 0 amide bonds. The van der Waals surface area contributed by atoms with E-state index in [-0.39, 0.29) is 27.3 Å². The van der Waals surface area contributed by atoms with Gasteiger partial charge in [0.15, 0.2) is 0 Å². The molecule has 0 spiro atoms. The molecule has 0 aromatic rings. The summed E-state index contributed by atoms with van der Waals surface area (Å²) in [6.07, 6.45) is 11.3. The van der Waals surface area contributed by atoms with E-state index in [1.165, 1.54) is 35.6 Å². The monoisotopic (exact) mass is 450 g/mol. The maximum absolute atomic E-state index is 7.13. The Balaban J connectivity index is -0.000000253. The Morgan fingerprint density at radius 3 is 1.96 bits per heavy atom. The Morgan fingerprint density at radius 2 is 1.70 bits per heavy atom. The summed E-state index contributed by atoms with van der Waals surface area (Å²) in [4.78, 5) is 0. The van der Waals surface area contributed by atoms with E-state index in [0.717, 1.165) is 32.0 Å². The molecule has 4 nitrogen and oxygen atoms in total. The number of nitriles is 2. The van der Waals surface area contributed by atoms with Gasteiger partial charge < -0.3 is 35.9 Å². The standard InChI is InChI=1S/C7H14N.C7H10N.2CHNS.Cd/c2*1-2-7-3-5-8-6-4-7;2*2-1-3;/h7H,2-6H2,1H3;3-5H,2,6H2,1H3;2*3H;/q2*-1;;;/p-2. The van der Waals surface area contributed by atoms with Crippen molar-refractivity contribution in [3.8, 4) is 10.8 Å². The van der Waals surface area contributed by atoms with Gasteiger partial charge in [0.25, 0.3) is 0 Å². The van der Waals surface area contributed by atoms with Crippen LogP contribution in [0, 0.1) is 27.2 Å². The van der Waals surface area contributed by atoms with E-state index < -0.39 is 0 Å². The second-order valence-electron chi connectivity index (χ2n) is 4.52. The van der Waals surface area contributed by atoms with Crippen molar-refractivity contribution in [2.24, 2.45) is 5.92 Å². The van der Waals surface area contributed by atoms with E-state index in [9.17, 15) is 0 Å². The molecule has 0 saturated carbocycles. The van der Waals surface area contributed by atoms with Crippen LogP contribution in [0.5, 0.6) is 0 Å². The zero-order valence-electron chi connectivity index (χ0n) is 14.1. The molecule has 0 aromatic carbocycles. The van der Waals surface area contributed by atoms with E-state index in [4.69, 9.17) is 10.5 Å². The number of nitrogens with zero attached hydrogens (tertiary/aromatic N) is 4. The SMILES string of the molecule is CCC1=CC[N-]C=C1.CCC1CC[N-]CC1.N#C[S-].N#C[S-].[Cd]. The first kappa shape index (κ1) is 27.4. The fraction of sp³-hybridized carbons (Fsp3) is 0.625. The van der Waals surface area contributed by atoms with Crippen LogP contribution < -0.4 is 0 Å². The smallest absolute Gasteiger partial charge is 0 e. The molecule has 0 atom stereocenters. The summed E-state index contributed by atoms with van der Waals surface area (Å²) in [6.45, 7) is 7.55. The van der Waals surface area contributed by atoms with Crippen LogP contribution in [0.1, 0.15) is 39.5 Å². The van der Waals surface area contributed by atoms with Crippen LogP contribution in [-0.2, 0) is 52.6 Å². The minimum absolute atomic E-state index is 0. The van der Waals surface area contributed by atoms with Gasteiger partial charge in [-0.3, -0.25) is 0 Å². The van der Waals surface area contributed by atoms with Crippen molar-refractivity contribution in [1.82, 2.24) is 0 Å². The summed E-state index contributed by atoms with van der Waals surface area (Å²) in [5.74, 6) is 0.993. The Morgan fingerprint density at radius 1 is 1.17 bits per heavy atom. The minimum atomic E-state index is 0. The molecule has 0 aliphatic carbocycles. The molecular weight excluding hydrogens is 425 g/mol. The second kappa shape index (κ2) is 23.8. The van der Waals surface area contributed by atoms with Crippen LogP contribution in [0.25, 0.3) is 10.6 Å². The van der Waals surface area contributed by atoms with Crippen molar-refractivity contribution >= 4 is 25.3 Å². The molecule has 1 fully saturated rings. The molecule has 7 heteroatoms. The molecule has 0 bridgehead atoms. The van der Waals surface area contributed by atoms with Crippen molar-refractivity contribution in [2.45, 2.75) is 39.5 Å². The van der Waals surface area contributed by atoms with E-state index in [1.807, 2.05) is 6.20 Å². The first-order valence-corrected chi connectivity index (χ1v) is 8.19. The van der Waals surface area contributed by atoms with Crippen LogP contribution in [0.2, 0.25) is 0 Å². The van der Waals surface area contributed by atoms with Crippen LogP contribution >= 0.6 is 0 Å². The number of hydrogen-bond acceptors (Lipinski definition) is 4. The number of hydrogen-bond donors (Lipinski definition) is 0. The van der Waals surface area contributed by atoms with E-state index in [1.54, 1.807) is 0 Å². The zero-order valence-corrected chi connectivity index (χ0v) is 19.7. The summed E-state index contributed by atoms with van der Waals surface area (Å²) in [6, 6.07) is 0. The normalized spacial score (nSPS) is 14.9. The summed E-state index contributed by atoms with van der Waals surface area (Å²) >= 11 is 7.40. The third-order valence-electron chi connectivity index (χ3n) is 3.23. The molecule has 126 valence electrons. The van der Waals surface area contributed by atoms with Crippen molar-refractivity contribution < 1.29 is 27.3 Å². The fourth-order valence-electron chi connectivity index (χ4n) is 1.92. The molecule has 0 radical (unpaired) electrons. The van der Waals surface area contributed by atoms with Gasteiger partial charge >= 0.3 is 0 Å². The van der Waals surface area contributed by atoms with Gasteiger partial charge in [-0.25, -0.2) is 10.5 Å². The van der Waals surface area contributed by atoms with Gasteiger partial charge in [-0.05, 0) is 12.3 Å². The summed E-state index contributed by atoms with van der Waals surface area (Å²) < 4.78 is 0. The van der Waals surface area contributed by atoms with E-state index in [2.05, 4.69) is 61.9 Å². The molecule has 23 heavy (non-hydrogen) atoms. The molecular formula is C16H24CdN4S2-4. The van der Waals surface area contributed by atoms with Crippen LogP contribution in [0.15, 0.2) is 23.9 Å². The Labute approximate surface area is 172 Å². The second-order valence-corrected chi connectivity index (χ2v) is 4.88. The van der Waals surface area contributed by atoms with Gasteiger partial charge in [-0.15, -0.1) is 19.6 Å². The number of thiocyanates is 2. The molecule has 2 heterocycles. The third-order valence-corrected chi connectivity index (χ3v) is 3.23. The first-order chi connectivity index (χ1) is 10.7. The van der Waals surface area contributed by atoms with Gasteiger partial charge in [-0.1, -0.05) is 61.6 Å². The third kappa shape index (κ3) is 21.6. The van der Waals surface area contributed by atoms with Crippen molar-refractivity contribution in [1.29, 1.82) is 10.5 Å². The molecule has 2 aliphatic heterocycles. The van der Waals surface area contributed by atoms with Gasteiger partial charge in [0.2, 0.25) is 0 Å². The van der Waals surface area contributed by atoms with E-state index >= 15 is 0 Å². The number of allylic oxidation sites excluding steroid dienone is 2. The molecule has 0 unspecified atom stereocenters. The summed E-state index contributed by atoms with van der Waals surface area (Å²) in [7, 11) is 0. The molecule has 2 rings (SSSR count). The largest absolute Gasteiger partial charge is 0.696 e. The Bertz CT molecular complexity index is 369. The molecule has 2 aliphatic rings. The van der Waals surface area contributed by atoms with Crippen LogP contribution in [0.4, 0.5) is 0 Å². The van der Waals surface area contributed by atoms with Gasteiger partial charge in [0.05, 0.1) is 0 Å². The Hall–Kier alpha value is -0.418. The molecule has 0 aromatic heterocycles. The van der Waals surface area contributed by atoms with Crippen LogP contribution in [-0.4, -0.2) is 19.6 Å². The topological polar surface area (TPSA) is 75.8 Å². The zero-order chi connectivity index (χ0) is 17.1. The van der Waals surface area contributed by atoms with Crippen molar-refractivity contribution in [3.05, 3.63) is 34.6 Å². The first-order valence-electron chi connectivity index (χ1n) is 7.37. The minimum Gasteiger partial charge on any atom is -0.696 e. The van der Waals surface area contributed by atoms with Crippen molar-refractivity contribution in [3.63, 3.8) is 0 Å². The quantitative estimate of drug-likeness (QED) is 0.355. The molecule has 1 saturated heterocycles. The maximum Gasteiger partial charge on any atom is 0 e. The van der Waals surface area contributed by atoms with Crippen LogP contribution in [0.3, 0.4) is 0 Å². The average Bonchev–Trinajstić information content (AvgIpc) is 2.58. The predicted molar refractivity (Wildman–Crippen MR) is 97.8 cm³/mol. The maximum atomic E-state index is 7.13. The van der Waals surface area contributed by atoms with Crippen molar-refractivity contribution in [2.75, 3.05) is 19.6 Å². The molecule has 0 N–H and O–H groups in total. The number of rotatable bonds is 2. The average molecular weight is 449 g/mol. The Kier molecular flexibility index (Phi) is 28.4. The summed E-state index contributed by atoms with van der Waals surface area (Å²) in [5, 5.41) is 25.2. The van der Waals surface area contributed by atoms with Gasteiger partial charge in [-0.2, -0.15) is 6.20 Å². The number of piperidine rings is 1. The van der Waals surface area contributed by atoms with E-state index in [0.29, 0.717) is 0 Å². The summed E-state index contributed by atoms with van der Waals surface area (Å²) in [5.41, 5.74) is 1.40. The predicted octanol–water partition coefficient (Wildman–Crippen LogP) is 4.43. The van der Waals surface area contributed by atoms with Gasteiger partial charge in [0.1, 0.15) is 0 Å². The van der Waals surface area contributed by atoms with Gasteiger partial charge in [0, 0.05) is 27.3 Å².